The largest absolute Gasteiger partial charge is 0.320 e. The van der Waals surface area contributed by atoms with Gasteiger partial charge in [0.25, 0.3) is 0 Å². The summed E-state index contributed by atoms with van der Waals surface area (Å²) in [5.41, 5.74) is 8.80. The van der Waals surface area contributed by atoms with Crippen LogP contribution in [-0.4, -0.2) is 0 Å². The number of rotatable bonds is 3. The maximum absolute atomic E-state index is 13.8. The van der Waals surface area contributed by atoms with E-state index in [1.807, 2.05) is 24.3 Å². The quantitative estimate of drug-likeness (QED) is 0.903. The molecule has 0 bridgehead atoms. The Labute approximate surface area is 115 Å². The van der Waals surface area contributed by atoms with Crippen LogP contribution in [0.15, 0.2) is 46.9 Å². The van der Waals surface area contributed by atoms with Crippen molar-refractivity contribution in [1.29, 1.82) is 0 Å². The molecule has 0 aliphatic heterocycles. The van der Waals surface area contributed by atoms with Gasteiger partial charge in [0, 0.05) is 10.0 Å². The minimum absolute atomic E-state index is 0.271. The minimum atomic E-state index is -0.436. The van der Waals surface area contributed by atoms with Crippen LogP contribution in [0.25, 0.3) is 0 Å². The third-order valence-corrected chi connectivity index (χ3v) is 3.50. The third-order valence-electron chi connectivity index (χ3n) is 3.01. The van der Waals surface area contributed by atoms with Gasteiger partial charge in [-0.05, 0) is 35.7 Å². The van der Waals surface area contributed by atoms with E-state index >= 15 is 0 Å². The van der Waals surface area contributed by atoms with Gasteiger partial charge in [-0.3, -0.25) is 0 Å². The Morgan fingerprint density at radius 2 is 2.00 bits per heavy atom. The Morgan fingerprint density at radius 3 is 2.72 bits per heavy atom. The molecule has 0 saturated carbocycles. The Balaban J connectivity index is 2.40. The second kappa shape index (κ2) is 5.63. The van der Waals surface area contributed by atoms with Gasteiger partial charge in [-0.2, -0.15) is 0 Å². The minimum Gasteiger partial charge on any atom is -0.320 e. The maximum Gasteiger partial charge on any atom is 0.128 e. The highest BCUT2D eigenvalue weighted by Crippen LogP contribution is 2.25. The van der Waals surface area contributed by atoms with E-state index in [1.165, 1.54) is 11.6 Å². The Hall–Kier alpha value is -1.19. The van der Waals surface area contributed by atoms with Gasteiger partial charge in [-0.25, -0.2) is 4.39 Å². The van der Waals surface area contributed by atoms with Crippen LogP contribution in [-0.2, 0) is 6.42 Å². The molecular formula is C15H15BrFN. The first-order chi connectivity index (χ1) is 8.61. The molecule has 0 heterocycles. The first-order valence-electron chi connectivity index (χ1n) is 5.91. The van der Waals surface area contributed by atoms with E-state index in [2.05, 4.69) is 22.9 Å². The molecule has 0 amide bonds. The highest BCUT2D eigenvalue weighted by molar-refractivity contribution is 9.10. The van der Waals surface area contributed by atoms with Crippen molar-refractivity contribution in [3.8, 4) is 0 Å². The van der Waals surface area contributed by atoms with Gasteiger partial charge in [0.05, 0.1) is 6.04 Å². The summed E-state index contributed by atoms with van der Waals surface area (Å²) >= 11 is 3.34. The van der Waals surface area contributed by atoms with Crippen molar-refractivity contribution < 1.29 is 4.39 Å². The van der Waals surface area contributed by atoms with Crippen LogP contribution in [0.5, 0.6) is 0 Å². The van der Waals surface area contributed by atoms with E-state index in [9.17, 15) is 4.39 Å². The molecule has 2 aromatic carbocycles. The SMILES string of the molecule is CCc1cccc(C(N)c2cc(Br)ccc2F)c1. The lowest BCUT2D eigenvalue weighted by Crippen LogP contribution is -2.13. The highest BCUT2D eigenvalue weighted by atomic mass is 79.9. The maximum atomic E-state index is 13.8. The van der Waals surface area contributed by atoms with Crippen LogP contribution in [0.4, 0.5) is 4.39 Å². The standard InChI is InChI=1S/C15H15BrFN/c1-2-10-4-3-5-11(8-10)15(18)13-9-12(16)6-7-14(13)17/h3-9,15H,2,18H2,1H3. The van der Waals surface area contributed by atoms with Crippen LogP contribution < -0.4 is 5.73 Å². The second-order valence-corrected chi connectivity index (χ2v) is 5.16. The summed E-state index contributed by atoms with van der Waals surface area (Å²) < 4.78 is 14.6. The topological polar surface area (TPSA) is 26.0 Å². The molecule has 0 aliphatic rings. The normalized spacial score (nSPS) is 12.4. The van der Waals surface area contributed by atoms with Crippen LogP contribution in [0.2, 0.25) is 0 Å². The van der Waals surface area contributed by atoms with Gasteiger partial charge in [0.2, 0.25) is 0 Å². The van der Waals surface area contributed by atoms with E-state index < -0.39 is 6.04 Å². The Bertz CT molecular complexity index is 554. The van der Waals surface area contributed by atoms with Crippen molar-refractivity contribution in [2.45, 2.75) is 19.4 Å². The van der Waals surface area contributed by atoms with Crippen molar-refractivity contribution >= 4 is 15.9 Å². The molecule has 0 spiro atoms. The molecule has 18 heavy (non-hydrogen) atoms. The fraction of sp³-hybridized carbons (Fsp3) is 0.200. The van der Waals surface area contributed by atoms with E-state index in [-0.39, 0.29) is 5.82 Å². The molecule has 0 aliphatic carbocycles. The number of benzene rings is 2. The summed E-state index contributed by atoms with van der Waals surface area (Å²) in [5.74, 6) is -0.271. The average molecular weight is 308 g/mol. The van der Waals surface area contributed by atoms with Gasteiger partial charge < -0.3 is 5.73 Å². The molecule has 1 unspecified atom stereocenters. The van der Waals surface area contributed by atoms with Crippen LogP contribution >= 0.6 is 15.9 Å². The van der Waals surface area contributed by atoms with Crippen molar-refractivity contribution in [3.05, 3.63) is 69.4 Å². The fourth-order valence-corrected chi connectivity index (χ4v) is 2.32. The molecule has 0 saturated heterocycles. The molecule has 0 radical (unpaired) electrons. The first kappa shape index (κ1) is 13.2. The van der Waals surface area contributed by atoms with Gasteiger partial charge in [0.15, 0.2) is 0 Å². The van der Waals surface area contributed by atoms with Crippen molar-refractivity contribution in [3.63, 3.8) is 0 Å². The van der Waals surface area contributed by atoms with Gasteiger partial charge in [-0.1, -0.05) is 47.1 Å². The number of hydrogen-bond donors (Lipinski definition) is 1. The zero-order valence-corrected chi connectivity index (χ0v) is 11.7. The zero-order chi connectivity index (χ0) is 13.1. The lowest BCUT2D eigenvalue weighted by Gasteiger charge is -2.15. The molecule has 3 heteroatoms. The number of hydrogen-bond acceptors (Lipinski definition) is 1. The zero-order valence-electron chi connectivity index (χ0n) is 10.2. The van der Waals surface area contributed by atoms with Gasteiger partial charge in [0.1, 0.15) is 5.82 Å². The monoisotopic (exact) mass is 307 g/mol. The van der Waals surface area contributed by atoms with E-state index in [4.69, 9.17) is 5.73 Å². The summed E-state index contributed by atoms with van der Waals surface area (Å²) in [6.45, 7) is 2.09. The van der Waals surface area contributed by atoms with E-state index in [1.54, 1.807) is 12.1 Å². The molecule has 2 N–H and O–H groups in total. The van der Waals surface area contributed by atoms with Gasteiger partial charge in [-0.15, -0.1) is 0 Å². The third kappa shape index (κ3) is 2.79. The van der Waals surface area contributed by atoms with Crippen LogP contribution in [0.1, 0.15) is 29.7 Å². The second-order valence-electron chi connectivity index (χ2n) is 4.24. The highest BCUT2D eigenvalue weighted by Gasteiger charge is 2.14. The first-order valence-corrected chi connectivity index (χ1v) is 6.70. The van der Waals surface area contributed by atoms with Crippen molar-refractivity contribution in [2.75, 3.05) is 0 Å². The summed E-state index contributed by atoms with van der Waals surface area (Å²) in [6.07, 6.45) is 0.946. The lowest BCUT2D eigenvalue weighted by atomic mass is 9.97. The summed E-state index contributed by atoms with van der Waals surface area (Å²) in [5, 5.41) is 0. The molecule has 1 atom stereocenters. The predicted molar refractivity (Wildman–Crippen MR) is 76.0 cm³/mol. The molecule has 2 aromatic rings. The molecule has 94 valence electrons. The fourth-order valence-electron chi connectivity index (χ4n) is 1.94. The van der Waals surface area contributed by atoms with E-state index in [0.29, 0.717) is 5.56 Å². The number of halogens is 2. The van der Waals surface area contributed by atoms with Crippen molar-refractivity contribution in [1.82, 2.24) is 0 Å². The van der Waals surface area contributed by atoms with E-state index in [0.717, 1.165) is 16.5 Å². The van der Waals surface area contributed by atoms with Crippen molar-refractivity contribution in [2.24, 2.45) is 5.73 Å². The smallest absolute Gasteiger partial charge is 0.128 e. The molecule has 2 rings (SSSR count). The molecule has 0 aromatic heterocycles. The summed E-state index contributed by atoms with van der Waals surface area (Å²) in [7, 11) is 0. The molecular weight excluding hydrogens is 293 g/mol. The average Bonchev–Trinajstić information content (AvgIpc) is 2.41. The molecule has 0 fully saturated rings. The Morgan fingerprint density at radius 1 is 1.22 bits per heavy atom. The predicted octanol–water partition coefficient (Wildman–Crippen LogP) is 4.20. The molecule has 1 nitrogen and oxygen atoms in total. The van der Waals surface area contributed by atoms with Crippen LogP contribution in [0.3, 0.4) is 0 Å². The summed E-state index contributed by atoms with van der Waals surface area (Å²) in [6, 6.07) is 12.4. The summed E-state index contributed by atoms with van der Waals surface area (Å²) in [4.78, 5) is 0. The number of nitrogens with two attached hydrogens (primary N) is 1. The van der Waals surface area contributed by atoms with Crippen LogP contribution in [0, 0.1) is 5.82 Å². The van der Waals surface area contributed by atoms with Gasteiger partial charge >= 0.3 is 0 Å². The Kier molecular flexibility index (Phi) is 4.15. The lowest BCUT2D eigenvalue weighted by molar-refractivity contribution is 0.599. The number of aryl methyl sites for hydroxylation is 1.